The number of aromatic nitrogens is 6. The highest BCUT2D eigenvalue weighted by Crippen LogP contribution is 2.21. The third-order valence-corrected chi connectivity index (χ3v) is 5.03. The number of fused-ring (bicyclic) bond motifs is 1. The Labute approximate surface area is 152 Å². The molecule has 0 saturated heterocycles. The number of hydrogen-bond acceptors (Lipinski definition) is 6. The molecule has 0 aromatic carbocycles. The van der Waals surface area contributed by atoms with Crippen molar-refractivity contribution >= 4 is 0 Å². The second kappa shape index (κ2) is 7.25. The number of rotatable bonds is 5. The summed E-state index contributed by atoms with van der Waals surface area (Å²) in [6, 6.07) is 2.35. The van der Waals surface area contributed by atoms with Crippen molar-refractivity contribution < 1.29 is 4.74 Å². The molecule has 4 rings (SSSR count). The van der Waals surface area contributed by atoms with E-state index in [1.54, 1.807) is 18.6 Å². The van der Waals surface area contributed by atoms with Crippen molar-refractivity contribution in [3.05, 3.63) is 54.0 Å². The summed E-state index contributed by atoms with van der Waals surface area (Å²) in [4.78, 5) is 10.7. The molecule has 136 valence electrons. The zero-order valence-corrected chi connectivity index (χ0v) is 15.1. The van der Waals surface area contributed by atoms with Crippen LogP contribution in [0.5, 0.6) is 5.88 Å². The van der Waals surface area contributed by atoms with E-state index in [9.17, 15) is 0 Å². The third-order valence-electron chi connectivity index (χ3n) is 5.03. The van der Waals surface area contributed by atoms with Gasteiger partial charge in [0.25, 0.3) is 0 Å². The van der Waals surface area contributed by atoms with Gasteiger partial charge >= 0.3 is 0 Å². The molecule has 0 fully saturated rings. The van der Waals surface area contributed by atoms with Gasteiger partial charge in [0.1, 0.15) is 6.61 Å². The molecular weight excluding hydrogens is 330 g/mol. The zero-order valence-electron chi connectivity index (χ0n) is 15.1. The molecule has 0 saturated carbocycles. The Morgan fingerprint density at radius 3 is 2.88 bits per heavy atom. The molecule has 0 spiro atoms. The fourth-order valence-corrected chi connectivity index (χ4v) is 3.32. The van der Waals surface area contributed by atoms with Crippen LogP contribution in [0.2, 0.25) is 0 Å². The Hall–Kier alpha value is -2.74. The minimum absolute atomic E-state index is 0.262. The lowest BCUT2D eigenvalue weighted by Gasteiger charge is -2.29. The van der Waals surface area contributed by atoms with E-state index in [1.807, 2.05) is 24.1 Å². The van der Waals surface area contributed by atoms with Gasteiger partial charge in [0.15, 0.2) is 0 Å². The van der Waals surface area contributed by atoms with Gasteiger partial charge in [-0.2, -0.15) is 10.2 Å². The first-order valence-electron chi connectivity index (χ1n) is 8.82. The Morgan fingerprint density at radius 1 is 1.19 bits per heavy atom. The summed E-state index contributed by atoms with van der Waals surface area (Å²) >= 11 is 0. The van der Waals surface area contributed by atoms with Crippen molar-refractivity contribution in [3.8, 4) is 5.88 Å². The first-order valence-corrected chi connectivity index (χ1v) is 8.82. The molecule has 1 aliphatic rings. The monoisotopic (exact) mass is 353 g/mol. The van der Waals surface area contributed by atoms with E-state index in [0.717, 1.165) is 26.1 Å². The molecule has 0 radical (unpaired) electrons. The fraction of sp³-hybridized carbons (Fsp3) is 0.444. The van der Waals surface area contributed by atoms with Crippen LogP contribution in [0.25, 0.3) is 0 Å². The van der Waals surface area contributed by atoms with Crippen molar-refractivity contribution in [1.82, 2.24) is 34.4 Å². The summed E-state index contributed by atoms with van der Waals surface area (Å²) < 4.78 is 9.92. The summed E-state index contributed by atoms with van der Waals surface area (Å²) in [5.74, 6) is 0.562. The van der Waals surface area contributed by atoms with E-state index >= 15 is 0 Å². The van der Waals surface area contributed by atoms with E-state index < -0.39 is 0 Å². The van der Waals surface area contributed by atoms with Crippen LogP contribution in [0.4, 0.5) is 0 Å². The van der Waals surface area contributed by atoms with E-state index in [0.29, 0.717) is 12.5 Å². The molecule has 1 atom stereocenters. The van der Waals surface area contributed by atoms with Crippen LogP contribution in [0.1, 0.15) is 23.4 Å². The molecule has 8 heteroatoms. The maximum absolute atomic E-state index is 5.91. The molecule has 3 aromatic heterocycles. The SMILES string of the molecule is Cc1c(CN2Cc3ccnn3CC[C@@H]2COc2cnccn2)cnn1C. The van der Waals surface area contributed by atoms with Crippen LogP contribution in [-0.4, -0.2) is 47.1 Å². The number of aryl methyl sites for hydroxylation is 2. The summed E-state index contributed by atoms with van der Waals surface area (Å²) in [6.45, 7) is 5.24. The number of ether oxygens (including phenoxy) is 1. The molecule has 0 bridgehead atoms. The van der Waals surface area contributed by atoms with Crippen molar-refractivity contribution in [2.75, 3.05) is 6.61 Å². The summed E-state index contributed by atoms with van der Waals surface area (Å²) in [7, 11) is 1.98. The van der Waals surface area contributed by atoms with Crippen molar-refractivity contribution in [2.45, 2.75) is 39.0 Å². The van der Waals surface area contributed by atoms with Crippen LogP contribution in [-0.2, 0) is 26.7 Å². The summed E-state index contributed by atoms with van der Waals surface area (Å²) in [5, 5.41) is 8.82. The Morgan fingerprint density at radius 2 is 2.12 bits per heavy atom. The average molecular weight is 353 g/mol. The lowest BCUT2D eigenvalue weighted by atomic mass is 10.1. The number of nitrogens with zero attached hydrogens (tertiary/aromatic N) is 7. The van der Waals surface area contributed by atoms with Gasteiger partial charge in [-0.1, -0.05) is 0 Å². The van der Waals surface area contributed by atoms with Crippen LogP contribution >= 0.6 is 0 Å². The second-order valence-electron chi connectivity index (χ2n) is 6.63. The standard InChI is InChI=1S/C18H23N7O/c1-14-15(9-22-23(14)2)11-24-12-16-3-5-21-25(16)8-4-17(24)13-26-18-10-19-6-7-20-18/h3,5-7,9-10,17H,4,8,11-13H2,1-2H3/t17-/m1/s1. The highest BCUT2D eigenvalue weighted by molar-refractivity contribution is 5.16. The van der Waals surface area contributed by atoms with E-state index in [1.165, 1.54) is 17.0 Å². The normalized spacial score (nSPS) is 17.7. The molecular formula is C18H23N7O. The van der Waals surface area contributed by atoms with Crippen molar-refractivity contribution in [3.63, 3.8) is 0 Å². The Kier molecular flexibility index (Phi) is 4.66. The molecule has 8 nitrogen and oxygen atoms in total. The van der Waals surface area contributed by atoms with Crippen molar-refractivity contribution in [2.24, 2.45) is 7.05 Å². The van der Waals surface area contributed by atoms with Crippen LogP contribution in [0.15, 0.2) is 37.1 Å². The first-order chi connectivity index (χ1) is 12.7. The topological polar surface area (TPSA) is 73.9 Å². The molecule has 3 aromatic rings. The highest BCUT2D eigenvalue weighted by Gasteiger charge is 2.26. The van der Waals surface area contributed by atoms with Gasteiger partial charge < -0.3 is 4.74 Å². The van der Waals surface area contributed by atoms with Gasteiger partial charge in [0.05, 0.1) is 18.1 Å². The van der Waals surface area contributed by atoms with Crippen LogP contribution in [0, 0.1) is 6.92 Å². The van der Waals surface area contributed by atoms with Crippen LogP contribution < -0.4 is 4.74 Å². The van der Waals surface area contributed by atoms with Gasteiger partial charge in [0, 0.05) is 62.6 Å². The van der Waals surface area contributed by atoms with Gasteiger partial charge in [-0.05, 0) is 19.4 Å². The minimum Gasteiger partial charge on any atom is -0.475 e. The molecule has 4 heterocycles. The third kappa shape index (κ3) is 3.45. The highest BCUT2D eigenvalue weighted by atomic mass is 16.5. The largest absolute Gasteiger partial charge is 0.475 e. The first kappa shape index (κ1) is 16.7. The maximum atomic E-state index is 5.91. The zero-order chi connectivity index (χ0) is 17.9. The van der Waals surface area contributed by atoms with Crippen LogP contribution in [0.3, 0.4) is 0 Å². The Balaban J connectivity index is 1.53. The molecule has 1 aliphatic heterocycles. The molecule has 0 aliphatic carbocycles. The van der Waals surface area contributed by atoms with Gasteiger partial charge in [-0.15, -0.1) is 0 Å². The lowest BCUT2D eigenvalue weighted by Crippen LogP contribution is -2.38. The molecule has 0 unspecified atom stereocenters. The van der Waals surface area contributed by atoms with Crippen molar-refractivity contribution in [1.29, 1.82) is 0 Å². The van der Waals surface area contributed by atoms with Gasteiger partial charge in [-0.3, -0.25) is 19.2 Å². The molecule has 26 heavy (non-hydrogen) atoms. The molecule has 0 N–H and O–H groups in total. The average Bonchev–Trinajstić information content (AvgIpc) is 3.19. The number of hydrogen-bond donors (Lipinski definition) is 0. The minimum atomic E-state index is 0.262. The van der Waals surface area contributed by atoms with E-state index in [4.69, 9.17) is 4.74 Å². The molecule has 0 amide bonds. The fourth-order valence-electron chi connectivity index (χ4n) is 3.32. The maximum Gasteiger partial charge on any atom is 0.232 e. The van der Waals surface area contributed by atoms with E-state index in [2.05, 4.69) is 42.7 Å². The lowest BCUT2D eigenvalue weighted by molar-refractivity contribution is 0.115. The smallest absolute Gasteiger partial charge is 0.232 e. The second-order valence-corrected chi connectivity index (χ2v) is 6.63. The Bertz CT molecular complexity index is 858. The van der Waals surface area contributed by atoms with Gasteiger partial charge in [-0.25, -0.2) is 4.98 Å². The predicted octanol–water partition coefficient (Wildman–Crippen LogP) is 1.57. The summed E-state index contributed by atoms with van der Waals surface area (Å²) in [5.41, 5.74) is 3.66. The summed E-state index contributed by atoms with van der Waals surface area (Å²) in [6.07, 6.45) is 9.74. The predicted molar refractivity (Wildman–Crippen MR) is 95.4 cm³/mol. The van der Waals surface area contributed by atoms with Gasteiger partial charge in [0.2, 0.25) is 5.88 Å². The van der Waals surface area contributed by atoms with E-state index in [-0.39, 0.29) is 6.04 Å². The quantitative estimate of drug-likeness (QED) is 0.693.